The van der Waals surface area contributed by atoms with Crippen LogP contribution in [0.25, 0.3) is 10.9 Å². The molecule has 0 aliphatic rings. The van der Waals surface area contributed by atoms with Crippen LogP contribution in [0, 0.1) is 15.9 Å². The summed E-state index contributed by atoms with van der Waals surface area (Å²) in [7, 11) is 0. The number of hydrogen-bond donors (Lipinski definition) is 2. The number of nitro groups is 1. The number of aromatic amines is 1. The smallest absolute Gasteiger partial charge is 0.271 e. The number of benzene rings is 2. The molecule has 106 valence electrons. The number of H-pyrrole nitrogens is 1. The van der Waals surface area contributed by atoms with Crippen molar-refractivity contribution in [3.63, 3.8) is 0 Å². The summed E-state index contributed by atoms with van der Waals surface area (Å²) in [6, 6.07) is 11.2. The molecule has 0 atom stereocenters. The maximum atomic E-state index is 13.6. The zero-order chi connectivity index (χ0) is 14.8. The number of halogens is 1. The quantitative estimate of drug-likeness (QED) is 0.565. The summed E-state index contributed by atoms with van der Waals surface area (Å²) in [6.07, 6.45) is 1.85. The molecule has 0 bridgehead atoms. The van der Waals surface area contributed by atoms with E-state index in [0.717, 1.165) is 28.6 Å². The Kier molecular flexibility index (Phi) is 3.27. The Morgan fingerprint density at radius 3 is 2.86 bits per heavy atom. The first kappa shape index (κ1) is 13.1. The van der Waals surface area contributed by atoms with Gasteiger partial charge in [0.25, 0.3) is 5.69 Å². The molecule has 2 aromatic carbocycles. The average Bonchev–Trinajstić information content (AvgIpc) is 2.93. The Bertz CT molecular complexity index is 814. The van der Waals surface area contributed by atoms with Gasteiger partial charge in [-0.05, 0) is 35.2 Å². The van der Waals surface area contributed by atoms with Gasteiger partial charge in [0.15, 0.2) is 0 Å². The van der Waals surface area contributed by atoms with Crippen molar-refractivity contribution in [1.29, 1.82) is 0 Å². The van der Waals surface area contributed by atoms with Crippen LogP contribution in [0.3, 0.4) is 0 Å². The largest absolute Gasteiger partial charge is 0.378 e. The molecule has 0 saturated carbocycles. The number of nitrogens with one attached hydrogen (secondary N) is 2. The van der Waals surface area contributed by atoms with Gasteiger partial charge >= 0.3 is 0 Å². The van der Waals surface area contributed by atoms with Crippen LogP contribution < -0.4 is 5.32 Å². The summed E-state index contributed by atoms with van der Waals surface area (Å²) >= 11 is 0. The maximum Gasteiger partial charge on any atom is 0.271 e. The van der Waals surface area contributed by atoms with E-state index in [2.05, 4.69) is 10.3 Å². The maximum absolute atomic E-state index is 13.6. The molecule has 0 aliphatic carbocycles. The Morgan fingerprint density at radius 2 is 2.05 bits per heavy atom. The molecular weight excluding hydrogens is 273 g/mol. The fourth-order valence-electron chi connectivity index (χ4n) is 2.17. The second-order valence-electron chi connectivity index (χ2n) is 4.67. The van der Waals surface area contributed by atoms with Gasteiger partial charge in [0, 0.05) is 30.4 Å². The molecule has 1 heterocycles. The fraction of sp³-hybridized carbons (Fsp3) is 0.0667. The lowest BCUT2D eigenvalue weighted by atomic mass is 10.1. The van der Waals surface area contributed by atoms with E-state index >= 15 is 0 Å². The van der Waals surface area contributed by atoms with Crippen LogP contribution >= 0.6 is 0 Å². The molecule has 6 heteroatoms. The minimum atomic E-state index is -0.545. The number of non-ortho nitro benzene ring substituents is 1. The zero-order valence-corrected chi connectivity index (χ0v) is 11.0. The average molecular weight is 285 g/mol. The first-order chi connectivity index (χ1) is 10.1. The standard InChI is InChI=1S/C15H12FN3O2/c16-13-3-2-12(19(20)21)8-15(13)18-9-10-1-4-14-11(7-10)5-6-17-14/h1-8,17-18H,9H2. The predicted molar refractivity (Wildman–Crippen MR) is 78.7 cm³/mol. The lowest BCUT2D eigenvalue weighted by Gasteiger charge is -2.08. The Labute approximate surface area is 119 Å². The molecular formula is C15H12FN3O2. The molecule has 5 nitrogen and oxygen atoms in total. The number of hydrogen-bond acceptors (Lipinski definition) is 3. The number of fused-ring (bicyclic) bond motifs is 1. The molecule has 3 rings (SSSR count). The van der Waals surface area contributed by atoms with Crippen molar-refractivity contribution in [2.24, 2.45) is 0 Å². The van der Waals surface area contributed by atoms with Gasteiger partial charge in [0.1, 0.15) is 5.82 Å². The second-order valence-corrected chi connectivity index (χ2v) is 4.67. The summed E-state index contributed by atoms with van der Waals surface area (Å²) in [6.45, 7) is 0.388. The van der Waals surface area contributed by atoms with E-state index in [1.807, 2.05) is 30.5 Å². The Balaban J connectivity index is 1.80. The Morgan fingerprint density at radius 1 is 1.19 bits per heavy atom. The van der Waals surface area contributed by atoms with Crippen LogP contribution in [0.15, 0.2) is 48.7 Å². The van der Waals surface area contributed by atoms with Crippen LogP contribution in [0.5, 0.6) is 0 Å². The first-order valence-electron chi connectivity index (χ1n) is 6.37. The van der Waals surface area contributed by atoms with E-state index in [0.29, 0.717) is 6.54 Å². The van der Waals surface area contributed by atoms with Gasteiger partial charge in [-0.2, -0.15) is 0 Å². The number of nitrogens with zero attached hydrogens (tertiary/aromatic N) is 1. The molecule has 0 amide bonds. The SMILES string of the molecule is O=[N+]([O-])c1ccc(F)c(NCc2ccc3[nH]ccc3c2)c1. The van der Waals surface area contributed by atoms with Crippen molar-refractivity contribution in [2.45, 2.75) is 6.54 Å². The predicted octanol–water partition coefficient (Wildman–Crippen LogP) is 3.83. The molecule has 3 aromatic rings. The third kappa shape index (κ3) is 2.69. The topological polar surface area (TPSA) is 71.0 Å². The minimum absolute atomic E-state index is 0.123. The van der Waals surface area contributed by atoms with Gasteiger partial charge in [-0.25, -0.2) is 4.39 Å². The summed E-state index contributed by atoms with van der Waals surface area (Å²) in [5, 5.41) is 14.7. The van der Waals surface area contributed by atoms with Crippen LogP contribution in [0.4, 0.5) is 15.8 Å². The van der Waals surface area contributed by atoms with Gasteiger partial charge in [0.05, 0.1) is 10.6 Å². The van der Waals surface area contributed by atoms with Gasteiger partial charge in [0.2, 0.25) is 0 Å². The van der Waals surface area contributed by atoms with Gasteiger partial charge in [-0.1, -0.05) is 6.07 Å². The minimum Gasteiger partial charge on any atom is -0.378 e. The lowest BCUT2D eigenvalue weighted by molar-refractivity contribution is -0.384. The summed E-state index contributed by atoms with van der Waals surface area (Å²) in [5.74, 6) is -0.511. The normalized spacial score (nSPS) is 10.7. The molecule has 2 N–H and O–H groups in total. The molecule has 21 heavy (non-hydrogen) atoms. The number of rotatable bonds is 4. The van der Waals surface area contributed by atoms with Gasteiger partial charge < -0.3 is 10.3 Å². The Hall–Kier alpha value is -2.89. The van der Waals surface area contributed by atoms with Gasteiger partial charge in [-0.3, -0.25) is 10.1 Å². The highest BCUT2D eigenvalue weighted by atomic mass is 19.1. The third-order valence-corrected chi connectivity index (χ3v) is 3.26. The highest BCUT2D eigenvalue weighted by molar-refractivity contribution is 5.80. The van der Waals surface area contributed by atoms with Crippen molar-refractivity contribution in [3.05, 3.63) is 70.2 Å². The third-order valence-electron chi connectivity index (χ3n) is 3.26. The number of anilines is 1. The van der Waals surface area contributed by atoms with E-state index in [1.165, 1.54) is 6.07 Å². The second kappa shape index (κ2) is 5.24. The number of nitro benzene ring substituents is 1. The molecule has 0 aliphatic heterocycles. The zero-order valence-electron chi connectivity index (χ0n) is 11.0. The highest BCUT2D eigenvalue weighted by Crippen LogP contribution is 2.22. The van der Waals surface area contributed by atoms with E-state index < -0.39 is 10.7 Å². The molecule has 0 spiro atoms. The van der Waals surface area contributed by atoms with Crippen molar-refractivity contribution < 1.29 is 9.31 Å². The van der Waals surface area contributed by atoms with E-state index in [9.17, 15) is 14.5 Å². The lowest BCUT2D eigenvalue weighted by Crippen LogP contribution is -2.02. The van der Waals surface area contributed by atoms with Crippen LogP contribution in [-0.2, 0) is 6.54 Å². The molecule has 0 fully saturated rings. The van der Waals surface area contributed by atoms with E-state index in [-0.39, 0.29) is 11.4 Å². The van der Waals surface area contributed by atoms with Gasteiger partial charge in [-0.15, -0.1) is 0 Å². The first-order valence-corrected chi connectivity index (χ1v) is 6.37. The van der Waals surface area contributed by atoms with Crippen molar-refractivity contribution >= 4 is 22.3 Å². The van der Waals surface area contributed by atoms with Crippen molar-refractivity contribution in [3.8, 4) is 0 Å². The molecule has 0 unspecified atom stereocenters. The summed E-state index contributed by atoms with van der Waals surface area (Å²) < 4.78 is 13.6. The number of aromatic nitrogens is 1. The highest BCUT2D eigenvalue weighted by Gasteiger charge is 2.10. The molecule has 0 radical (unpaired) electrons. The van der Waals surface area contributed by atoms with Crippen LogP contribution in [0.1, 0.15) is 5.56 Å². The van der Waals surface area contributed by atoms with Crippen molar-refractivity contribution in [1.82, 2.24) is 4.98 Å². The monoisotopic (exact) mass is 285 g/mol. The summed E-state index contributed by atoms with van der Waals surface area (Å²) in [5.41, 5.74) is 1.98. The molecule has 1 aromatic heterocycles. The van der Waals surface area contributed by atoms with Crippen LogP contribution in [-0.4, -0.2) is 9.91 Å². The summed E-state index contributed by atoms with van der Waals surface area (Å²) in [4.78, 5) is 13.3. The van der Waals surface area contributed by atoms with Crippen molar-refractivity contribution in [2.75, 3.05) is 5.32 Å². The fourth-order valence-corrected chi connectivity index (χ4v) is 2.17. The van der Waals surface area contributed by atoms with Crippen LogP contribution in [0.2, 0.25) is 0 Å². The van der Waals surface area contributed by atoms with E-state index in [1.54, 1.807) is 0 Å². The molecule has 0 saturated heterocycles. The van der Waals surface area contributed by atoms with E-state index in [4.69, 9.17) is 0 Å².